The Hall–Kier alpha value is -0.840. The summed E-state index contributed by atoms with van der Waals surface area (Å²) >= 11 is 5.84. The number of rotatable bonds is 4. The maximum atomic E-state index is 5.84. The number of hydrogen-bond acceptors (Lipinski definition) is 4. The number of anilines is 1. The molecule has 2 rings (SSSR count). The number of morpholine rings is 1. The number of hydrogen-bond donors (Lipinski definition) is 1. The Bertz CT molecular complexity index is 355. The molecule has 1 saturated heterocycles. The molecule has 0 saturated carbocycles. The molecule has 0 spiro atoms. The Morgan fingerprint density at radius 1 is 1.53 bits per heavy atom. The van der Waals surface area contributed by atoms with Crippen LogP contribution in [0.15, 0.2) is 18.3 Å². The van der Waals surface area contributed by atoms with Crippen LogP contribution in [0.5, 0.6) is 0 Å². The molecule has 1 aliphatic rings. The normalized spacial score (nSPS) is 18.9. The van der Waals surface area contributed by atoms with E-state index in [1.165, 1.54) is 0 Å². The Morgan fingerprint density at radius 3 is 3.00 bits per heavy atom. The van der Waals surface area contributed by atoms with Gasteiger partial charge in [-0.15, -0.1) is 0 Å². The molecule has 0 amide bonds. The van der Waals surface area contributed by atoms with Crippen molar-refractivity contribution >= 4 is 17.3 Å². The smallest absolute Gasteiger partial charge is 0.131 e. The van der Waals surface area contributed by atoms with Crippen molar-refractivity contribution in [3.63, 3.8) is 0 Å². The van der Waals surface area contributed by atoms with Crippen LogP contribution in [0.2, 0.25) is 5.15 Å². The van der Waals surface area contributed by atoms with Crippen LogP contribution >= 0.6 is 11.6 Å². The lowest BCUT2D eigenvalue weighted by atomic mass is 10.2. The van der Waals surface area contributed by atoms with Gasteiger partial charge < -0.3 is 10.1 Å². The van der Waals surface area contributed by atoms with E-state index in [-0.39, 0.29) is 0 Å². The van der Waals surface area contributed by atoms with Gasteiger partial charge in [0.25, 0.3) is 0 Å². The number of halogens is 1. The van der Waals surface area contributed by atoms with Gasteiger partial charge in [0.1, 0.15) is 5.15 Å². The number of pyridine rings is 1. The second kappa shape index (κ2) is 6.19. The van der Waals surface area contributed by atoms with Crippen molar-refractivity contribution in [2.24, 2.45) is 0 Å². The molecule has 1 N–H and O–H groups in total. The van der Waals surface area contributed by atoms with Crippen molar-refractivity contribution in [3.05, 3.63) is 23.5 Å². The van der Waals surface area contributed by atoms with Gasteiger partial charge in [0.05, 0.1) is 13.2 Å². The lowest BCUT2D eigenvalue weighted by molar-refractivity contribution is 0.0368. The summed E-state index contributed by atoms with van der Waals surface area (Å²) in [5.41, 5.74) is 1.02. The van der Waals surface area contributed by atoms with Crippen LogP contribution in [0.1, 0.15) is 6.92 Å². The van der Waals surface area contributed by atoms with E-state index >= 15 is 0 Å². The summed E-state index contributed by atoms with van der Waals surface area (Å²) in [6, 6.07) is 4.16. The van der Waals surface area contributed by atoms with Crippen molar-refractivity contribution in [3.8, 4) is 0 Å². The SMILES string of the molecule is CC(CN1CCOCC1)Nc1ccnc(Cl)c1. The average Bonchev–Trinajstić information content (AvgIpc) is 2.30. The molecule has 1 aliphatic heterocycles. The molecule has 1 fully saturated rings. The average molecular weight is 256 g/mol. The van der Waals surface area contributed by atoms with E-state index in [0.29, 0.717) is 11.2 Å². The molecule has 0 radical (unpaired) electrons. The largest absolute Gasteiger partial charge is 0.381 e. The predicted octanol–water partition coefficient (Wildman–Crippen LogP) is 1.87. The number of aromatic nitrogens is 1. The zero-order valence-electron chi connectivity index (χ0n) is 10.0. The van der Waals surface area contributed by atoms with Gasteiger partial charge in [0.15, 0.2) is 0 Å². The van der Waals surface area contributed by atoms with Gasteiger partial charge >= 0.3 is 0 Å². The van der Waals surface area contributed by atoms with Gasteiger partial charge in [-0.3, -0.25) is 4.90 Å². The highest BCUT2D eigenvalue weighted by Gasteiger charge is 2.13. The van der Waals surface area contributed by atoms with E-state index < -0.39 is 0 Å². The fraction of sp³-hybridized carbons (Fsp3) is 0.583. The van der Waals surface area contributed by atoms with Crippen LogP contribution in [-0.4, -0.2) is 48.8 Å². The molecule has 0 bridgehead atoms. The third-order valence-corrected chi connectivity index (χ3v) is 2.98. The summed E-state index contributed by atoms with van der Waals surface area (Å²) in [5.74, 6) is 0. The molecule has 1 unspecified atom stereocenters. The van der Waals surface area contributed by atoms with Crippen LogP contribution in [0.4, 0.5) is 5.69 Å². The van der Waals surface area contributed by atoms with Gasteiger partial charge in [0, 0.05) is 37.6 Å². The lowest BCUT2D eigenvalue weighted by Crippen LogP contribution is -2.42. The Labute approximate surface area is 107 Å². The highest BCUT2D eigenvalue weighted by molar-refractivity contribution is 6.29. The molecule has 17 heavy (non-hydrogen) atoms. The molecule has 1 aromatic rings. The highest BCUT2D eigenvalue weighted by atomic mass is 35.5. The van der Waals surface area contributed by atoms with E-state index in [2.05, 4.69) is 22.1 Å². The molecule has 0 aliphatic carbocycles. The Kier molecular flexibility index (Phi) is 4.59. The standard InChI is InChI=1S/C12H18ClN3O/c1-10(9-16-4-6-17-7-5-16)15-11-2-3-14-12(13)8-11/h2-3,8,10H,4-7,9H2,1H3,(H,14,15). The summed E-state index contributed by atoms with van der Waals surface area (Å²) in [6.07, 6.45) is 1.71. The van der Waals surface area contributed by atoms with E-state index in [4.69, 9.17) is 16.3 Å². The van der Waals surface area contributed by atoms with Crippen molar-refractivity contribution in [1.29, 1.82) is 0 Å². The fourth-order valence-corrected chi connectivity index (χ4v) is 2.17. The van der Waals surface area contributed by atoms with E-state index in [1.54, 1.807) is 6.20 Å². The van der Waals surface area contributed by atoms with E-state index in [1.807, 2.05) is 12.1 Å². The molecule has 1 atom stereocenters. The first kappa shape index (κ1) is 12.6. The molecule has 4 nitrogen and oxygen atoms in total. The molecular formula is C12H18ClN3O. The summed E-state index contributed by atoms with van der Waals surface area (Å²) < 4.78 is 5.33. The number of ether oxygens (including phenoxy) is 1. The summed E-state index contributed by atoms with van der Waals surface area (Å²) in [4.78, 5) is 6.37. The quantitative estimate of drug-likeness (QED) is 0.834. The molecule has 1 aromatic heterocycles. The molecule has 2 heterocycles. The van der Waals surface area contributed by atoms with Crippen LogP contribution < -0.4 is 5.32 Å². The van der Waals surface area contributed by atoms with Crippen molar-refractivity contribution in [2.75, 3.05) is 38.2 Å². The van der Waals surface area contributed by atoms with Gasteiger partial charge in [-0.2, -0.15) is 0 Å². The van der Waals surface area contributed by atoms with Crippen molar-refractivity contribution in [1.82, 2.24) is 9.88 Å². The monoisotopic (exact) mass is 255 g/mol. The zero-order chi connectivity index (χ0) is 12.1. The number of nitrogens with one attached hydrogen (secondary N) is 1. The first-order valence-corrected chi connectivity index (χ1v) is 6.30. The second-order valence-electron chi connectivity index (χ2n) is 4.33. The van der Waals surface area contributed by atoms with Crippen LogP contribution in [0.25, 0.3) is 0 Å². The van der Waals surface area contributed by atoms with Crippen molar-refractivity contribution < 1.29 is 4.74 Å². The minimum absolute atomic E-state index is 0.381. The Morgan fingerprint density at radius 2 is 2.29 bits per heavy atom. The van der Waals surface area contributed by atoms with Gasteiger partial charge in [-0.1, -0.05) is 11.6 Å². The predicted molar refractivity (Wildman–Crippen MR) is 69.6 cm³/mol. The van der Waals surface area contributed by atoms with Gasteiger partial charge in [-0.25, -0.2) is 4.98 Å². The minimum Gasteiger partial charge on any atom is -0.381 e. The summed E-state index contributed by atoms with van der Waals surface area (Å²) in [6.45, 7) is 6.90. The van der Waals surface area contributed by atoms with E-state index in [9.17, 15) is 0 Å². The first-order valence-electron chi connectivity index (χ1n) is 5.92. The van der Waals surface area contributed by atoms with Crippen LogP contribution in [0.3, 0.4) is 0 Å². The zero-order valence-corrected chi connectivity index (χ0v) is 10.8. The third-order valence-electron chi connectivity index (χ3n) is 2.78. The topological polar surface area (TPSA) is 37.4 Å². The summed E-state index contributed by atoms with van der Waals surface area (Å²) in [5, 5.41) is 3.94. The molecule has 0 aromatic carbocycles. The lowest BCUT2D eigenvalue weighted by Gasteiger charge is -2.29. The van der Waals surface area contributed by atoms with Crippen LogP contribution in [0, 0.1) is 0 Å². The van der Waals surface area contributed by atoms with E-state index in [0.717, 1.165) is 38.5 Å². The highest BCUT2D eigenvalue weighted by Crippen LogP contribution is 2.13. The summed E-state index contributed by atoms with van der Waals surface area (Å²) in [7, 11) is 0. The third kappa shape index (κ3) is 4.15. The fourth-order valence-electron chi connectivity index (χ4n) is 1.99. The Balaban J connectivity index is 1.82. The minimum atomic E-state index is 0.381. The molecule has 94 valence electrons. The maximum absolute atomic E-state index is 5.84. The second-order valence-corrected chi connectivity index (χ2v) is 4.71. The van der Waals surface area contributed by atoms with Crippen LogP contribution in [-0.2, 0) is 4.74 Å². The maximum Gasteiger partial charge on any atom is 0.131 e. The van der Waals surface area contributed by atoms with Gasteiger partial charge in [0.2, 0.25) is 0 Å². The number of nitrogens with zero attached hydrogens (tertiary/aromatic N) is 2. The first-order chi connectivity index (χ1) is 8.24. The van der Waals surface area contributed by atoms with Crippen molar-refractivity contribution in [2.45, 2.75) is 13.0 Å². The van der Waals surface area contributed by atoms with Gasteiger partial charge in [-0.05, 0) is 19.1 Å². The molecular weight excluding hydrogens is 238 g/mol. The molecule has 5 heteroatoms.